The van der Waals surface area contributed by atoms with Gasteiger partial charge >= 0.3 is 0 Å². The molecule has 0 saturated carbocycles. The molecule has 0 spiro atoms. The minimum Gasteiger partial charge on any atom is -0.330 e. The van der Waals surface area contributed by atoms with Crippen LogP contribution in [0.25, 0.3) is 0 Å². The second kappa shape index (κ2) is 6.44. The average molecular weight is 199 g/mol. The van der Waals surface area contributed by atoms with Gasteiger partial charge in [0.2, 0.25) is 0 Å². The van der Waals surface area contributed by atoms with E-state index >= 15 is 0 Å². The summed E-state index contributed by atoms with van der Waals surface area (Å²) in [6, 6.07) is 0. The second-order valence-corrected chi connectivity index (χ2v) is 5.77. The molecule has 0 fully saturated rings. The monoisotopic (exact) mass is 199 g/mol. The summed E-state index contributed by atoms with van der Waals surface area (Å²) in [7, 11) is 0. The largest absolute Gasteiger partial charge is 0.330 e. The number of rotatable bonds is 7. The summed E-state index contributed by atoms with van der Waals surface area (Å²) < 4.78 is 0. The summed E-state index contributed by atoms with van der Waals surface area (Å²) in [5.41, 5.74) is 6.07. The van der Waals surface area contributed by atoms with Crippen molar-refractivity contribution >= 4 is 0 Å². The number of nitrogens with two attached hydrogens (primary N) is 1. The van der Waals surface area contributed by atoms with Gasteiger partial charge in [0.1, 0.15) is 0 Å². The van der Waals surface area contributed by atoms with E-state index in [0.29, 0.717) is 5.41 Å². The Labute approximate surface area is 90.5 Å². The smallest absolute Gasteiger partial charge is 0.00747 e. The van der Waals surface area contributed by atoms with Gasteiger partial charge in [0, 0.05) is 0 Å². The first-order valence-electron chi connectivity index (χ1n) is 6.11. The first-order valence-corrected chi connectivity index (χ1v) is 6.11. The van der Waals surface area contributed by atoms with Crippen molar-refractivity contribution in [3.63, 3.8) is 0 Å². The molecule has 2 atom stereocenters. The fraction of sp³-hybridized carbons (Fsp3) is 1.00. The maximum atomic E-state index is 5.58. The molecule has 14 heavy (non-hydrogen) atoms. The zero-order valence-electron chi connectivity index (χ0n) is 10.8. The van der Waals surface area contributed by atoms with Crippen LogP contribution in [0.3, 0.4) is 0 Å². The quantitative estimate of drug-likeness (QED) is 0.662. The molecule has 0 aromatic carbocycles. The molecule has 1 heteroatoms. The second-order valence-electron chi connectivity index (χ2n) is 5.77. The molecule has 0 rings (SSSR count). The van der Waals surface area contributed by atoms with Crippen LogP contribution in [0.15, 0.2) is 0 Å². The minimum atomic E-state index is 0.490. The Morgan fingerprint density at radius 3 is 2.00 bits per heavy atom. The van der Waals surface area contributed by atoms with Crippen LogP contribution in [-0.4, -0.2) is 6.54 Å². The van der Waals surface area contributed by atoms with E-state index in [1.54, 1.807) is 0 Å². The van der Waals surface area contributed by atoms with Gasteiger partial charge in [0.25, 0.3) is 0 Å². The van der Waals surface area contributed by atoms with Gasteiger partial charge in [0.15, 0.2) is 0 Å². The SMILES string of the molecule is CCC(C)CC(C)(C)CC(C)CCN. The Kier molecular flexibility index (Phi) is 6.43. The highest BCUT2D eigenvalue weighted by molar-refractivity contribution is 4.74. The third-order valence-electron chi connectivity index (χ3n) is 3.16. The molecule has 2 N–H and O–H groups in total. The van der Waals surface area contributed by atoms with Crippen molar-refractivity contribution in [3.8, 4) is 0 Å². The van der Waals surface area contributed by atoms with E-state index in [1.807, 2.05) is 0 Å². The Morgan fingerprint density at radius 1 is 1.07 bits per heavy atom. The van der Waals surface area contributed by atoms with Gasteiger partial charge in [-0.1, -0.05) is 41.0 Å². The van der Waals surface area contributed by atoms with E-state index in [9.17, 15) is 0 Å². The van der Waals surface area contributed by atoms with E-state index in [-0.39, 0.29) is 0 Å². The molecule has 0 bridgehead atoms. The summed E-state index contributed by atoms with van der Waals surface area (Å²) in [5.74, 6) is 1.63. The van der Waals surface area contributed by atoms with E-state index in [0.717, 1.165) is 18.4 Å². The van der Waals surface area contributed by atoms with Crippen molar-refractivity contribution in [1.82, 2.24) is 0 Å². The number of hydrogen-bond donors (Lipinski definition) is 1. The van der Waals surface area contributed by atoms with Crippen molar-refractivity contribution in [3.05, 3.63) is 0 Å². The molecular weight excluding hydrogens is 170 g/mol. The molecule has 0 heterocycles. The van der Waals surface area contributed by atoms with Crippen LogP contribution in [-0.2, 0) is 0 Å². The zero-order valence-corrected chi connectivity index (χ0v) is 10.8. The van der Waals surface area contributed by atoms with E-state index in [1.165, 1.54) is 25.7 Å². The van der Waals surface area contributed by atoms with Crippen LogP contribution in [0.5, 0.6) is 0 Å². The summed E-state index contributed by atoms with van der Waals surface area (Å²) in [6.07, 6.45) is 5.13. The molecule has 0 saturated heterocycles. The first kappa shape index (κ1) is 14.0. The maximum absolute atomic E-state index is 5.58. The molecule has 0 aliphatic rings. The van der Waals surface area contributed by atoms with Crippen molar-refractivity contribution in [2.75, 3.05) is 6.54 Å². The van der Waals surface area contributed by atoms with Gasteiger partial charge in [-0.2, -0.15) is 0 Å². The van der Waals surface area contributed by atoms with E-state index in [4.69, 9.17) is 5.73 Å². The topological polar surface area (TPSA) is 26.0 Å². The summed E-state index contributed by atoms with van der Waals surface area (Å²) in [4.78, 5) is 0. The average Bonchev–Trinajstić information content (AvgIpc) is 2.02. The van der Waals surface area contributed by atoms with Crippen LogP contribution in [0.2, 0.25) is 0 Å². The van der Waals surface area contributed by atoms with Gasteiger partial charge in [-0.05, 0) is 43.1 Å². The zero-order chi connectivity index (χ0) is 11.2. The lowest BCUT2D eigenvalue weighted by Crippen LogP contribution is -2.20. The highest BCUT2D eigenvalue weighted by atomic mass is 14.5. The van der Waals surface area contributed by atoms with Gasteiger partial charge in [0.05, 0.1) is 0 Å². The maximum Gasteiger partial charge on any atom is -0.00747 e. The van der Waals surface area contributed by atoms with Gasteiger partial charge in [-0.3, -0.25) is 0 Å². The minimum absolute atomic E-state index is 0.490. The fourth-order valence-electron chi connectivity index (χ4n) is 2.50. The first-order chi connectivity index (χ1) is 6.41. The van der Waals surface area contributed by atoms with Crippen LogP contribution in [0, 0.1) is 17.3 Å². The molecule has 0 aromatic heterocycles. The van der Waals surface area contributed by atoms with Crippen LogP contribution < -0.4 is 5.73 Å². The third kappa shape index (κ3) is 6.42. The predicted octanol–water partition coefficient (Wildman–Crippen LogP) is 3.82. The Balaban J connectivity index is 3.92. The Morgan fingerprint density at radius 2 is 1.57 bits per heavy atom. The van der Waals surface area contributed by atoms with Crippen molar-refractivity contribution in [1.29, 1.82) is 0 Å². The van der Waals surface area contributed by atoms with Crippen molar-refractivity contribution in [2.45, 2.75) is 60.3 Å². The summed E-state index contributed by atoms with van der Waals surface area (Å²) in [6.45, 7) is 12.6. The lowest BCUT2D eigenvalue weighted by Gasteiger charge is -2.30. The van der Waals surface area contributed by atoms with Crippen LogP contribution in [0.4, 0.5) is 0 Å². The normalized spacial score (nSPS) is 16.7. The molecule has 2 unspecified atom stereocenters. The fourth-order valence-corrected chi connectivity index (χ4v) is 2.50. The Hall–Kier alpha value is -0.0400. The molecule has 0 aromatic rings. The van der Waals surface area contributed by atoms with Gasteiger partial charge < -0.3 is 5.73 Å². The molecule has 0 amide bonds. The van der Waals surface area contributed by atoms with Gasteiger partial charge in [-0.15, -0.1) is 0 Å². The molecule has 86 valence electrons. The van der Waals surface area contributed by atoms with Gasteiger partial charge in [-0.25, -0.2) is 0 Å². The predicted molar refractivity (Wildman–Crippen MR) is 65.3 cm³/mol. The lowest BCUT2D eigenvalue weighted by atomic mass is 9.76. The molecule has 0 aliphatic carbocycles. The van der Waals surface area contributed by atoms with Crippen molar-refractivity contribution < 1.29 is 0 Å². The highest BCUT2D eigenvalue weighted by Crippen LogP contribution is 2.34. The highest BCUT2D eigenvalue weighted by Gasteiger charge is 2.22. The third-order valence-corrected chi connectivity index (χ3v) is 3.16. The number of hydrogen-bond acceptors (Lipinski definition) is 1. The van der Waals surface area contributed by atoms with Crippen LogP contribution in [0.1, 0.15) is 60.3 Å². The standard InChI is InChI=1S/C13H29N/c1-6-11(2)9-13(4,5)10-12(3)7-8-14/h11-12H,6-10,14H2,1-5H3. The lowest BCUT2D eigenvalue weighted by molar-refractivity contribution is 0.213. The summed E-state index contributed by atoms with van der Waals surface area (Å²) in [5, 5.41) is 0. The summed E-state index contributed by atoms with van der Waals surface area (Å²) >= 11 is 0. The van der Waals surface area contributed by atoms with Crippen LogP contribution >= 0.6 is 0 Å². The van der Waals surface area contributed by atoms with Crippen molar-refractivity contribution in [2.24, 2.45) is 23.0 Å². The van der Waals surface area contributed by atoms with E-state index < -0.39 is 0 Å². The molecular formula is C13H29N. The Bertz CT molecular complexity index is 140. The molecule has 0 radical (unpaired) electrons. The van der Waals surface area contributed by atoms with E-state index in [2.05, 4.69) is 34.6 Å². The molecule has 1 nitrogen and oxygen atoms in total. The molecule has 0 aliphatic heterocycles.